The van der Waals surface area contributed by atoms with Gasteiger partial charge in [0.05, 0.1) is 6.26 Å². The van der Waals surface area contributed by atoms with Gasteiger partial charge in [-0.3, -0.25) is 10.2 Å². The molecule has 3 heterocycles. The van der Waals surface area contributed by atoms with Crippen LogP contribution < -0.4 is 5.73 Å². The van der Waals surface area contributed by atoms with Gasteiger partial charge in [0, 0.05) is 42.5 Å². The molecule has 2 atom stereocenters. The van der Waals surface area contributed by atoms with Crippen LogP contribution >= 0.6 is 0 Å². The summed E-state index contributed by atoms with van der Waals surface area (Å²) < 4.78 is 27.9. The first kappa shape index (κ1) is 22.8. The van der Waals surface area contributed by atoms with E-state index in [0.717, 1.165) is 55.1 Å². The largest absolute Gasteiger partial charge is 0.384 e. The Morgan fingerprint density at radius 3 is 2.62 bits per heavy atom. The third-order valence-corrected chi connectivity index (χ3v) is 8.21. The fourth-order valence-corrected chi connectivity index (χ4v) is 6.49. The zero-order chi connectivity index (χ0) is 23.0. The van der Waals surface area contributed by atoms with E-state index < -0.39 is 16.1 Å². The van der Waals surface area contributed by atoms with Crippen LogP contribution in [0, 0.1) is 5.41 Å². The van der Waals surface area contributed by atoms with Gasteiger partial charge in [-0.15, -0.1) is 0 Å². The van der Waals surface area contributed by atoms with Crippen molar-refractivity contribution < 1.29 is 13.2 Å². The van der Waals surface area contributed by atoms with Crippen molar-refractivity contribution in [2.45, 2.75) is 64.1 Å². The van der Waals surface area contributed by atoms with Crippen molar-refractivity contribution in [1.29, 1.82) is 5.41 Å². The van der Waals surface area contributed by atoms with Gasteiger partial charge < -0.3 is 15.2 Å². The minimum absolute atomic E-state index is 0.0300. The summed E-state index contributed by atoms with van der Waals surface area (Å²) in [6, 6.07) is 7.63. The molecule has 2 aliphatic rings. The van der Waals surface area contributed by atoms with Crippen LogP contribution in [-0.4, -0.2) is 65.4 Å². The molecule has 2 fully saturated rings. The number of aromatic nitrogens is 1. The van der Waals surface area contributed by atoms with Crippen LogP contribution in [0.5, 0.6) is 0 Å². The van der Waals surface area contributed by atoms with Gasteiger partial charge >= 0.3 is 0 Å². The van der Waals surface area contributed by atoms with Crippen molar-refractivity contribution >= 4 is 32.7 Å². The second kappa shape index (κ2) is 8.86. The molecule has 1 aromatic carbocycles. The van der Waals surface area contributed by atoms with E-state index in [9.17, 15) is 13.2 Å². The number of likely N-dealkylation sites (tertiary alicyclic amines) is 1. The van der Waals surface area contributed by atoms with Crippen LogP contribution in [0.3, 0.4) is 0 Å². The molecule has 1 amide bonds. The number of rotatable bonds is 7. The minimum atomic E-state index is -3.37. The number of carbonyl (C=O) groups is 1. The van der Waals surface area contributed by atoms with Crippen LogP contribution in [0.2, 0.25) is 0 Å². The molecule has 3 N–H and O–H groups in total. The number of benzene rings is 1. The molecule has 0 saturated carbocycles. The predicted octanol–water partition coefficient (Wildman–Crippen LogP) is 2.29. The van der Waals surface area contributed by atoms with Crippen molar-refractivity contribution in [3.63, 3.8) is 0 Å². The Kier molecular flexibility index (Phi) is 6.31. The number of amidine groups is 1. The predicted molar refractivity (Wildman–Crippen MR) is 126 cm³/mol. The average molecular weight is 460 g/mol. The summed E-state index contributed by atoms with van der Waals surface area (Å²) in [5, 5.41) is 8.84. The Morgan fingerprint density at radius 2 is 1.94 bits per heavy atom. The van der Waals surface area contributed by atoms with E-state index in [1.807, 2.05) is 23.1 Å². The van der Waals surface area contributed by atoms with E-state index >= 15 is 0 Å². The lowest BCUT2D eigenvalue weighted by molar-refractivity contribution is -0.135. The number of sulfonamides is 1. The van der Waals surface area contributed by atoms with Crippen LogP contribution in [0.4, 0.5) is 0 Å². The quantitative estimate of drug-likeness (QED) is 0.489. The zero-order valence-electron chi connectivity index (χ0n) is 18.9. The number of nitrogens with zero attached hydrogens (tertiary/aromatic N) is 3. The molecule has 174 valence electrons. The number of hydrogen-bond acceptors (Lipinski definition) is 4. The second-order valence-electron chi connectivity index (χ2n) is 8.97. The van der Waals surface area contributed by atoms with Gasteiger partial charge in [-0.05, 0) is 63.0 Å². The van der Waals surface area contributed by atoms with Gasteiger partial charge in [0.1, 0.15) is 11.9 Å². The third-order valence-electron chi connectivity index (χ3n) is 6.93. The molecular weight excluding hydrogens is 426 g/mol. The van der Waals surface area contributed by atoms with E-state index in [-0.39, 0.29) is 17.8 Å². The van der Waals surface area contributed by atoms with E-state index in [1.54, 1.807) is 0 Å². The molecule has 9 heteroatoms. The molecule has 0 aliphatic carbocycles. The summed E-state index contributed by atoms with van der Waals surface area (Å²) >= 11 is 0. The molecule has 0 radical (unpaired) electrons. The van der Waals surface area contributed by atoms with Gasteiger partial charge in [-0.1, -0.05) is 12.1 Å². The monoisotopic (exact) mass is 459 g/mol. The number of hydrogen-bond donors (Lipinski definition) is 2. The Labute approximate surface area is 189 Å². The van der Waals surface area contributed by atoms with Crippen molar-refractivity contribution in [3.8, 4) is 0 Å². The lowest BCUT2D eigenvalue weighted by atomic mass is 10.1. The topological polar surface area (TPSA) is 112 Å². The fraction of sp³-hybridized carbons (Fsp3) is 0.565. The molecule has 0 spiro atoms. The Balaban J connectivity index is 1.50. The maximum atomic E-state index is 13.3. The highest BCUT2D eigenvalue weighted by Gasteiger charge is 2.41. The molecule has 2 unspecified atom stereocenters. The molecule has 4 rings (SSSR count). The van der Waals surface area contributed by atoms with Crippen molar-refractivity contribution in [1.82, 2.24) is 13.8 Å². The molecule has 32 heavy (non-hydrogen) atoms. The Bertz CT molecular complexity index is 1140. The summed E-state index contributed by atoms with van der Waals surface area (Å²) in [6.07, 6.45) is 6.15. The lowest BCUT2D eigenvalue weighted by Crippen LogP contribution is -2.49. The highest BCUT2D eigenvalue weighted by atomic mass is 32.2. The van der Waals surface area contributed by atoms with Gasteiger partial charge in [-0.2, -0.15) is 4.31 Å². The molecule has 0 bridgehead atoms. The number of nitrogens with one attached hydrogen (secondary N) is 1. The number of nitrogens with two attached hydrogens (primary N) is 1. The first-order valence-electron chi connectivity index (χ1n) is 11.4. The standard InChI is InChI=1S/C23H33N5O3S/c1-3-26-19(14-16-8-9-17(22(24)25)15-21(16)26)11-10-18-6-4-12-27(18)23(29)20-7-5-13-28(20)32(2,30)31/h8-9,14-15,18,20H,3-7,10-13H2,1-2H3,(H3,24,25). The van der Waals surface area contributed by atoms with Gasteiger partial charge in [0.2, 0.25) is 15.9 Å². The van der Waals surface area contributed by atoms with Gasteiger partial charge in [-0.25, -0.2) is 8.42 Å². The third kappa shape index (κ3) is 4.28. The summed E-state index contributed by atoms with van der Waals surface area (Å²) in [7, 11) is -3.37. The SMILES string of the molecule is CCn1c(CCC2CCCN2C(=O)C2CCCN2S(C)(=O)=O)cc2ccc(C(=N)N)cc21. The van der Waals surface area contributed by atoms with Crippen LogP contribution in [0.25, 0.3) is 10.9 Å². The zero-order valence-corrected chi connectivity index (χ0v) is 19.7. The Hall–Kier alpha value is -2.39. The minimum Gasteiger partial charge on any atom is -0.384 e. The van der Waals surface area contributed by atoms with Crippen molar-refractivity contribution in [3.05, 3.63) is 35.5 Å². The lowest BCUT2D eigenvalue weighted by Gasteiger charge is -2.30. The highest BCUT2D eigenvalue weighted by Crippen LogP contribution is 2.29. The maximum Gasteiger partial charge on any atom is 0.241 e. The Morgan fingerprint density at radius 1 is 1.19 bits per heavy atom. The number of carbonyl (C=O) groups excluding carboxylic acids is 1. The molecule has 2 aliphatic heterocycles. The summed E-state index contributed by atoms with van der Waals surface area (Å²) in [4.78, 5) is 15.2. The fourth-order valence-electron chi connectivity index (χ4n) is 5.38. The number of fused-ring (bicyclic) bond motifs is 1. The second-order valence-corrected chi connectivity index (χ2v) is 10.9. The van der Waals surface area contributed by atoms with E-state index in [2.05, 4.69) is 17.6 Å². The number of aryl methyl sites for hydroxylation is 2. The smallest absolute Gasteiger partial charge is 0.241 e. The maximum absolute atomic E-state index is 13.3. The highest BCUT2D eigenvalue weighted by molar-refractivity contribution is 7.88. The summed E-state index contributed by atoms with van der Waals surface area (Å²) in [6.45, 7) is 4.07. The molecular formula is C23H33N5O3S. The number of amides is 1. The van der Waals surface area contributed by atoms with E-state index in [4.69, 9.17) is 11.1 Å². The van der Waals surface area contributed by atoms with Gasteiger partial charge in [0.15, 0.2) is 0 Å². The molecule has 8 nitrogen and oxygen atoms in total. The van der Waals surface area contributed by atoms with Crippen LogP contribution in [0.1, 0.15) is 50.3 Å². The summed E-state index contributed by atoms with van der Waals surface area (Å²) in [5.74, 6) is 0.0324. The van der Waals surface area contributed by atoms with Crippen LogP contribution in [0.15, 0.2) is 24.3 Å². The molecule has 1 aromatic heterocycles. The molecule has 2 aromatic rings. The average Bonchev–Trinajstić information content (AvgIpc) is 3.48. The normalized spacial score (nSPS) is 22.1. The first-order valence-corrected chi connectivity index (χ1v) is 13.3. The van der Waals surface area contributed by atoms with Crippen molar-refractivity contribution in [2.75, 3.05) is 19.3 Å². The number of nitrogen functional groups attached to an aromatic ring is 1. The van der Waals surface area contributed by atoms with Gasteiger partial charge in [0.25, 0.3) is 0 Å². The summed E-state index contributed by atoms with van der Waals surface area (Å²) in [5.41, 5.74) is 8.67. The molecule has 2 saturated heterocycles. The van der Waals surface area contributed by atoms with Crippen molar-refractivity contribution in [2.24, 2.45) is 5.73 Å². The van der Waals surface area contributed by atoms with Crippen LogP contribution in [-0.2, 0) is 27.8 Å². The van der Waals surface area contributed by atoms with E-state index in [0.29, 0.717) is 19.5 Å². The van der Waals surface area contributed by atoms with E-state index in [1.165, 1.54) is 16.3 Å². The first-order chi connectivity index (χ1) is 15.2.